The normalized spacial score (nSPS) is 20.9. The Morgan fingerprint density at radius 3 is 2.42 bits per heavy atom. The monoisotopic (exact) mass is 549 g/mol. The Kier molecular flexibility index (Phi) is 7.37. The molecule has 212 valence electrons. The molecule has 0 unspecified atom stereocenters. The van der Waals surface area contributed by atoms with Crippen LogP contribution in [0, 0.1) is 6.92 Å². The van der Waals surface area contributed by atoms with Crippen LogP contribution in [0.4, 0.5) is 15.0 Å². The Morgan fingerprint density at radius 2 is 1.75 bits per heavy atom. The van der Waals surface area contributed by atoms with E-state index in [0.717, 1.165) is 35.1 Å². The van der Waals surface area contributed by atoms with Crippen LogP contribution in [0.2, 0.25) is 0 Å². The van der Waals surface area contributed by atoms with Crippen LogP contribution >= 0.6 is 0 Å². The molecule has 10 heteroatoms. The number of fused-ring (bicyclic) bond motifs is 1. The third kappa shape index (κ3) is 5.44. The number of aryl methyl sites for hydroxylation is 1. The van der Waals surface area contributed by atoms with E-state index in [0.29, 0.717) is 23.9 Å². The van der Waals surface area contributed by atoms with Crippen LogP contribution in [0.3, 0.4) is 0 Å². The van der Waals surface area contributed by atoms with E-state index in [2.05, 4.69) is 15.4 Å². The minimum atomic E-state index is -1.29. The van der Waals surface area contributed by atoms with Crippen molar-refractivity contribution in [3.05, 3.63) is 53.7 Å². The second-order valence-electron chi connectivity index (χ2n) is 11.9. The zero-order chi connectivity index (χ0) is 28.7. The number of carbonyl (C=O) groups is 3. The predicted octanol–water partition coefficient (Wildman–Crippen LogP) is 5.30. The fraction of sp³-hybridized carbons (Fsp3) is 0.500. The number of hydrogen-bond acceptors (Lipinski definition) is 6. The van der Waals surface area contributed by atoms with Crippen LogP contribution in [-0.2, 0) is 19.7 Å². The van der Waals surface area contributed by atoms with Gasteiger partial charge in [-0.3, -0.25) is 9.59 Å². The van der Waals surface area contributed by atoms with E-state index in [1.165, 1.54) is 11.1 Å². The van der Waals surface area contributed by atoms with Crippen LogP contribution in [0.5, 0.6) is 0 Å². The maximum Gasteiger partial charge on any atom is 0.435 e. The van der Waals surface area contributed by atoms with E-state index >= 15 is 0 Å². The fourth-order valence-corrected chi connectivity index (χ4v) is 5.83. The molecular weight excluding hydrogens is 513 g/mol. The summed E-state index contributed by atoms with van der Waals surface area (Å²) in [7, 11) is 0. The Balaban J connectivity index is 1.37. The van der Waals surface area contributed by atoms with Crippen molar-refractivity contribution in [1.29, 1.82) is 0 Å². The lowest BCUT2D eigenvalue weighted by atomic mass is 9.68. The van der Waals surface area contributed by atoms with Gasteiger partial charge in [0.2, 0.25) is 11.8 Å². The molecule has 1 saturated heterocycles. The lowest BCUT2D eigenvalue weighted by Crippen LogP contribution is -2.52. The summed E-state index contributed by atoms with van der Waals surface area (Å²) in [5.74, 6) is -0.449. The molecule has 3 heterocycles. The van der Waals surface area contributed by atoms with E-state index < -0.39 is 35.2 Å². The maximum atomic E-state index is 14.8. The highest BCUT2D eigenvalue weighted by atomic mass is 19.1. The number of benzene rings is 1. The molecule has 0 bridgehead atoms. The number of carbonyl (C=O) groups excluding carboxylic acids is 3. The summed E-state index contributed by atoms with van der Waals surface area (Å²) >= 11 is 0. The summed E-state index contributed by atoms with van der Waals surface area (Å²) in [6, 6.07) is 10.2. The summed E-state index contributed by atoms with van der Waals surface area (Å²) in [6.07, 6.45) is 3.63. The standard InChI is InChI=1S/C30H36FN5O4/c1-19-8-10-20(11-9-19)30(14-6-5-7-15-30)27(38)35-18-21(31)16-24(35)26(37)34-25-13-12-23-22(33-25)17-32-36(23)28(39)40-29(2,3)4/h8-13,17,21,24H,5-7,14-16,18H2,1-4H3,(H,33,34,37)/t21-,24-/m1/s1. The van der Waals surface area contributed by atoms with Gasteiger partial charge >= 0.3 is 6.09 Å². The van der Waals surface area contributed by atoms with Gasteiger partial charge in [-0.05, 0) is 58.2 Å². The van der Waals surface area contributed by atoms with Crippen LogP contribution in [0.15, 0.2) is 42.6 Å². The van der Waals surface area contributed by atoms with Crippen molar-refractivity contribution >= 4 is 34.8 Å². The number of rotatable bonds is 4. The number of pyridine rings is 1. The van der Waals surface area contributed by atoms with Gasteiger partial charge in [0.25, 0.3) is 0 Å². The summed E-state index contributed by atoms with van der Waals surface area (Å²) in [6.45, 7) is 7.18. The van der Waals surface area contributed by atoms with Crippen molar-refractivity contribution in [2.45, 2.75) is 89.4 Å². The SMILES string of the molecule is Cc1ccc(C2(C(=O)N3C[C@H](F)C[C@@H]3C(=O)Nc3ccc4c(cnn4C(=O)OC(C)(C)C)n3)CCCCC2)cc1. The first-order valence-corrected chi connectivity index (χ1v) is 13.9. The third-order valence-electron chi connectivity index (χ3n) is 7.78. The first-order valence-electron chi connectivity index (χ1n) is 13.9. The van der Waals surface area contributed by atoms with Gasteiger partial charge in [-0.25, -0.2) is 14.2 Å². The smallest absolute Gasteiger partial charge is 0.435 e. The Bertz CT molecular complexity index is 1420. The van der Waals surface area contributed by atoms with E-state index in [1.54, 1.807) is 32.9 Å². The van der Waals surface area contributed by atoms with Gasteiger partial charge in [-0.1, -0.05) is 49.1 Å². The van der Waals surface area contributed by atoms with Crippen molar-refractivity contribution in [1.82, 2.24) is 19.7 Å². The molecular formula is C30H36FN5O4. The van der Waals surface area contributed by atoms with Crippen LogP contribution in [0.25, 0.3) is 11.0 Å². The molecule has 2 aliphatic rings. The number of amides is 2. The number of aromatic nitrogens is 3. The molecule has 1 saturated carbocycles. The van der Waals surface area contributed by atoms with Crippen molar-refractivity contribution in [3.8, 4) is 0 Å². The first-order chi connectivity index (χ1) is 19.0. The van der Waals surface area contributed by atoms with E-state index in [-0.39, 0.29) is 24.7 Å². The Hall–Kier alpha value is -3.82. The zero-order valence-electron chi connectivity index (χ0n) is 23.4. The van der Waals surface area contributed by atoms with Gasteiger partial charge in [0.05, 0.1) is 23.7 Å². The first kappa shape index (κ1) is 27.7. The fourth-order valence-electron chi connectivity index (χ4n) is 5.83. The van der Waals surface area contributed by atoms with Crippen LogP contribution in [-0.4, -0.2) is 61.9 Å². The molecule has 0 radical (unpaired) electrons. The molecule has 2 aromatic heterocycles. The van der Waals surface area contributed by atoms with Crippen molar-refractivity contribution in [2.24, 2.45) is 0 Å². The minimum Gasteiger partial charge on any atom is -0.442 e. The molecule has 0 spiro atoms. The van der Waals surface area contributed by atoms with Crippen molar-refractivity contribution in [2.75, 3.05) is 11.9 Å². The molecule has 5 rings (SSSR count). The zero-order valence-corrected chi connectivity index (χ0v) is 23.4. The quantitative estimate of drug-likeness (QED) is 0.473. The molecule has 1 N–H and O–H groups in total. The summed E-state index contributed by atoms with van der Waals surface area (Å²) < 4.78 is 21.3. The highest BCUT2D eigenvalue weighted by molar-refractivity contribution is 6.00. The number of anilines is 1. The van der Waals surface area contributed by atoms with E-state index in [1.807, 2.05) is 31.2 Å². The van der Waals surface area contributed by atoms with Gasteiger partial charge in [0.1, 0.15) is 29.1 Å². The Labute approximate surface area is 233 Å². The molecule has 1 aliphatic heterocycles. The number of nitrogens with one attached hydrogen (secondary N) is 1. The number of alkyl halides is 1. The highest BCUT2D eigenvalue weighted by Gasteiger charge is 2.49. The van der Waals surface area contributed by atoms with Gasteiger partial charge in [-0.15, -0.1) is 0 Å². The number of hydrogen-bond donors (Lipinski definition) is 1. The average Bonchev–Trinajstić information content (AvgIpc) is 3.51. The largest absolute Gasteiger partial charge is 0.442 e. The Morgan fingerprint density at radius 1 is 1.05 bits per heavy atom. The molecule has 3 aromatic rings. The number of likely N-dealkylation sites (tertiary alicyclic amines) is 1. The lowest BCUT2D eigenvalue weighted by Gasteiger charge is -2.40. The second-order valence-corrected chi connectivity index (χ2v) is 11.9. The summed E-state index contributed by atoms with van der Waals surface area (Å²) in [5.41, 5.74) is 1.38. The average molecular weight is 550 g/mol. The number of halogens is 1. The highest BCUT2D eigenvalue weighted by Crippen LogP contribution is 2.42. The van der Waals surface area contributed by atoms with Gasteiger partial charge < -0.3 is 15.0 Å². The van der Waals surface area contributed by atoms with Crippen LogP contribution < -0.4 is 5.32 Å². The summed E-state index contributed by atoms with van der Waals surface area (Å²) in [4.78, 5) is 45.9. The molecule has 2 atom stereocenters. The van der Waals surface area contributed by atoms with E-state index in [4.69, 9.17) is 4.74 Å². The molecule has 1 aliphatic carbocycles. The topological polar surface area (TPSA) is 106 Å². The predicted molar refractivity (Wildman–Crippen MR) is 149 cm³/mol. The van der Waals surface area contributed by atoms with Crippen molar-refractivity contribution < 1.29 is 23.5 Å². The molecule has 2 fully saturated rings. The summed E-state index contributed by atoms with van der Waals surface area (Å²) in [5, 5.41) is 6.84. The number of nitrogens with zero attached hydrogens (tertiary/aromatic N) is 4. The molecule has 40 heavy (non-hydrogen) atoms. The minimum absolute atomic E-state index is 0.0691. The second kappa shape index (κ2) is 10.6. The third-order valence-corrected chi connectivity index (χ3v) is 7.78. The molecule has 9 nitrogen and oxygen atoms in total. The number of ether oxygens (including phenoxy) is 1. The molecule has 2 amide bonds. The van der Waals surface area contributed by atoms with Gasteiger partial charge in [0, 0.05) is 6.42 Å². The van der Waals surface area contributed by atoms with Crippen molar-refractivity contribution in [3.63, 3.8) is 0 Å². The van der Waals surface area contributed by atoms with E-state index in [9.17, 15) is 18.8 Å². The lowest BCUT2D eigenvalue weighted by molar-refractivity contribution is -0.143. The molecule has 1 aromatic carbocycles. The maximum absolute atomic E-state index is 14.8. The van der Waals surface area contributed by atoms with Gasteiger partial charge in [0.15, 0.2) is 0 Å². The van der Waals surface area contributed by atoms with Gasteiger partial charge in [-0.2, -0.15) is 9.78 Å². The van der Waals surface area contributed by atoms with Crippen LogP contribution in [0.1, 0.15) is 70.4 Å².